The van der Waals surface area contributed by atoms with E-state index in [2.05, 4.69) is 9.89 Å². The van der Waals surface area contributed by atoms with Crippen LogP contribution in [0.1, 0.15) is 12.5 Å². The first-order valence-electron chi connectivity index (χ1n) is 4.66. The lowest BCUT2D eigenvalue weighted by Crippen LogP contribution is -2.12. The third-order valence-corrected chi connectivity index (χ3v) is 2.01. The lowest BCUT2D eigenvalue weighted by molar-refractivity contribution is -0.142. The van der Waals surface area contributed by atoms with Gasteiger partial charge >= 0.3 is 5.97 Å². The zero-order valence-corrected chi connectivity index (χ0v) is 9.14. The molecule has 1 aromatic rings. The van der Waals surface area contributed by atoms with E-state index in [1.54, 1.807) is 31.2 Å². The Hall–Kier alpha value is -2.04. The molecule has 86 valence electrons. The highest BCUT2D eigenvalue weighted by Crippen LogP contribution is 2.12. The number of ether oxygens (including phenoxy) is 2. The van der Waals surface area contributed by atoms with Crippen molar-refractivity contribution in [3.63, 3.8) is 0 Å². The van der Waals surface area contributed by atoms with Crippen molar-refractivity contribution in [3.8, 4) is 5.75 Å². The fourth-order valence-corrected chi connectivity index (χ4v) is 1.05. The van der Waals surface area contributed by atoms with E-state index in [0.717, 1.165) is 5.56 Å². The molecule has 0 radical (unpaired) electrons. The molecule has 16 heavy (non-hydrogen) atoms. The number of rotatable bonds is 4. The number of carbonyl (C=O) groups excluding carboxylic acids is 1. The van der Waals surface area contributed by atoms with Crippen LogP contribution in [0.3, 0.4) is 0 Å². The highest BCUT2D eigenvalue weighted by molar-refractivity contribution is 5.98. The number of esters is 1. The number of carbonyl (C=O) groups is 1. The van der Waals surface area contributed by atoms with Gasteiger partial charge in [-0.25, -0.2) is 4.79 Å². The van der Waals surface area contributed by atoms with E-state index in [0.29, 0.717) is 11.5 Å². The molecule has 1 aromatic carbocycles. The van der Waals surface area contributed by atoms with E-state index in [-0.39, 0.29) is 6.61 Å². The Balaban J connectivity index is 2.61. The van der Waals surface area contributed by atoms with E-state index in [1.807, 2.05) is 0 Å². The first-order valence-corrected chi connectivity index (χ1v) is 4.66. The van der Waals surface area contributed by atoms with Gasteiger partial charge in [-0.1, -0.05) is 5.16 Å². The van der Waals surface area contributed by atoms with Gasteiger partial charge < -0.3 is 14.7 Å². The van der Waals surface area contributed by atoms with Crippen molar-refractivity contribution in [2.75, 3.05) is 13.7 Å². The van der Waals surface area contributed by atoms with Gasteiger partial charge in [0.05, 0.1) is 12.8 Å². The molecule has 1 N–H and O–H groups in total. The van der Waals surface area contributed by atoms with E-state index >= 15 is 0 Å². The molecule has 1 rings (SSSR count). The molecule has 0 aliphatic rings. The molecule has 0 heterocycles. The molecule has 0 saturated carbocycles. The maximum atomic E-state index is 10.8. The Labute approximate surface area is 93.3 Å². The highest BCUT2D eigenvalue weighted by atomic mass is 16.6. The van der Waals surface area contributed by atoms with Crippen LogP contribution in [-0.4, -0.2) is 30.6 Å². The number of hydrogen-bond donors (Lipinski definition) is 1. The molecule has 0 aliphatic heterocycles. The summed E-state index contributed by atoms with van der Waals surface area (Å²) in [5.41, 5.74) is 1.30. The quantitative estimate of drug-likeness (QED) is 0.363. The average Bonchev–Trinajstić information content (AvgIpc) is 2.35. The van der Waals surface area contributed by atoms with Gasteiger partial charge in [-0.3, -0.25) is 0 Å². The zero-order chi connectivity index (χ0) is 12.0. The van der Waals surface area contributed by atoms with Gasteiger partial charge in [0, 0.05) is 0 Å². The fourth-order valence-electron chi connectivity index (χ4n) is 1.05. The van der Waals surface area contributed by atoms with Crippen LogP contribution < -0.4 is 4.74 Å². The maximum Gasteiger partial charge on any atom is 0.343 e. The Morgan fingerprint density at radius 1 is 1.38 bits per heavy atom. The molecule has 0 fully saturated rings. The highest BCUT2D eigenvalue weighted by Gasteiger charge is 2.02. The molecule has 5 nitrogen and oxygen atoms in total. The number of benzene rings is 1. The lowest BCUT2D eigenvalue weighted by atomic mass is 10.1. The Kier molecular flexibility index (Phi) is 4.32. The second-order valence-corrected chi connectivity index (χ2v) is 3.07. The number of oxime groups is 1. The summed E-state index contributed by atoms with van der Waals surface area (Å²) in [5.74, 6) is 0.122. The Bertz CT molecular complexity index is 383. The molecule has 0 bridgehead atoms. The normalized spacial score (nSPS) is 11.0. The predicted molar refractivity (Wildman–Crippen MR) is 58.0 cm³/mol. The van der Waals surface area contributed by atoms with Crippen molar-refractivity contribution in [1.29, 1.82) is 0 Å². The van der Waals surface area contributed by atoms with Crippen LogP contribution in [0.15, 0.2) is 29.4 Å². The smallest absolute Gasteiger partial charge is 0.343 e. The Morgan fingerprint density at radius 2 is 2.00 bits per heavy atom. The standard InChI is InChI=1S/C11H13NO4/c1-8(12-14)9-3-5-10(6-4-9)16-7-11(13)15-2/h3-6,14H,7H2,1-2H3. The summed E-state index contributed by atoms with van der Waals surface area (Å²) in [5, 5.41) is 11.6. The minimum Gasteiger partial charge on any atom is -0.482 e. The molecule has 0 amide bonds. The van der Waals surface area contributed by atoms with Gasteiger partial charge in [0.15, 0.2) is 6.61 Å². The van der Waals surface area contributed by atoms with Crippen LogP contribution in [0.5, 0.6) is 5.75 Å². The molecule has 5 heteroatoms. The fraction of sp³-hybridized carbons (Fsp3) is 0.273. The van der Waals surface area contributed by atoms with Gasteiger partial charge in [0.1, 0.15) is 5.75 Å². The largest absolute Gasteiger partial charge is 0.482 e. The van der Waals surface area contributed by atoms with Crippen LogP contribution in [-0.2, 0) is 9.53 Å². The van der Waals surface area contributed by atoms with Crippen LogP contribution in [0, 0.1) is 0 Å². The molecular formula is C11H13NO4. The minimum absolute atomic E-state index is 0.122. The number of hydrogen-bond acceptors (Lipinski definition) is 5. The number of nitrogens with zero attached hydrogens (tertiary/aromatic N) is 1. The summed E-state index contributed by atoms with van der Waals surface area (Å²) >= 11 is 0. The van der Waals surface area contributed by atoms with Gasteiger partial charge in [-0.05, 0) is 36.8 Å². The van der Waals surface area contributed by atoms with Crippen molar-refractivity contribution in [1.82, 2.24) is 0 Å². The lowest BCUT2D eigenvalue weighted by Gasteiger charge is -2.05. The first-order chi connectivity index (χ1) is 7.67. The Morgan fingerprint density at radius 3 is 2.50 bits per heavy atom. The molecule has 0 spiro atoms. The molecule has 0 saturated heterocycles. The summed E-state index contributed by atoms with van der Waals surface area (Å²) in [4.78, 5) is 10.8. The van der Waals surface area contributed by atoms with Crippen LogP contribution in [0.25, 0.3) is 0 Å². The monoisotopic (exact) mass is 223 g/mol. The first kappa shape index (κ1) is 12.0. The van der Waals surface area contributed by atoms with E-state index < -0.39 is 5.97 Å². The summed E-state index contributed by atoms with van der Waals surface area (Å²) < 4.78 is 9.59. The summed E-state index contributed by atoms with van der Waals surface area (Å²) in [7, 11) is 1.30. The topological polar surface area (TPSA) is 68.1 Å². The molecule has 0 aromatic heterocycles. The molecule has 0 unspecified atom stereocenters. The van der Waals surface area contributed by atoms with Crippen molar-refractivity contribution in [2.45, 2.75) is 6.92 Å². The van der Waals surface area contributed by atoms with Gasteiger partial charge in [0.2, 0.25) is 0 Å². The van der Waals surface area contributed by atoms with E-state index in [9.17, 15) is 4.79 Å². The van der Waals surface area contributed by atoms with Crippen molar-refractivity contribution < 1.29 is 19.5 Å². The summed E-state index contributed by atoms with van der Waals surface area (Å²) in [6, 6.07) is 6.85. The van der Waals surface area contributed by atoms with Crippen LogP contribution >= 0.6 is 0 Å². The predicted octanol–water partition coefficient (Wildman–Crippen LogP) is 1.44. The average molecular weight is 223 g/mol. The summed E-state index contributed by atoms with van der Waals surface area (Å²) in [6.45, 7) is 1.56. The van der Waals surface area contributed by atoms with Gasteiger partial charge in [0.25, 0.3) is 0 Å². The van der Waals surface area contributed by atoms with E-state index in [4.69, 9.17) is 9.94 Å². The van der Waals surface area contributed by atoms with Crippen molar-refractivity contribution in [3.05, 3.63) is 29.8 Å². The second-order valence-electron chi connectivity index (χ2n) is 3.07. The zero-order valence-electron chi connectivity index (χ0n) is 9.14. The maximum absolute atomic E-state index is 10.8. The van der Waals surface area contributed by atoms with Gasteiger partial charge in [-0.2, -0.15) is 0 Å². The van der Waals surface area contributed by atoms with Crippen molar-refractivity contribution >= 4 is 11.7 Å². The number of methoxy groups -OCH3 is 1. The second kappa shape index (κ2) is 5.75. The third kappa shape index (κ3) is 3.27. The summed E-state index contributed by atoms with van der Waals surface area (Å²) in [6.07, 6.45) is 0. The van der Waals surface area contributed by atoms with Crippen LogP contribution in [0.4, 0.5) is 0 Å². The SMILES string of the molecule is COC(=O)COc1ccc(C(C)=NO)cc1. The third-order valence-electron chi connectivity index (χ3n) is 2.01. The molecule has 0 aliphatic carbocycles. The minimum atomic E-state index is -0.433. The molecular weight excluding hydrogens is 210 g/mol. The van der Waals surface area contributed by atoms with Crippen molar-refractivity contribution in [2.24, 2.45) is 5.16 Å². The molecule has 0 atom stereocenters. The van der Waals surface area contributed by atoms with E-state index in [1.165, 1.54) is 7.11 Å². The van der Waals surface area contributed by atoms with Crippen LogP contribution in [0.2, 0.25) is 0 Å². The van der Waals surface area contributed by atoms with Gasteiger partial charge in [-0.15, -0.1) is 0 Å².